The number of aromatic nitrogens is 2. The molecule has 0 amide bonds. The van der Waals surface area contributed by atoms with Gasteiger partial charge in [-0.1, -0.05) is 25.9 Å². The lowest BCUT2D eigenvalue weighted by molar-refractivity contribution is 0.328. The van der Waals surface area contributed by atoms with E-state index in [0.29, 0.717) is 18.4 Å². The van der Waals surface area contributed by atoms with E-state index in [1.165, 1.54) is 0 Å². The van der Waals surface area contributed by atoms with Gasteiger partial charge < -0.3 is 9.84 Å². The minimum absolute atomic E-state index is 0.332. The van der Waals surface area contributed by atoms with Crippen LogP contribution in [0.1, 0.15) is 38.4 Å². The number of nitrogens with one attached hydrogen (secondary N) is 1. The van der Waals surface area contributed by atoms with Gasteiger partial charge in [-0.2, -0.15) is 4.98 Å². The van der Waals surface area contributed by atoms with E-state index >= 15 is 0 Å². The summed E-state index contributed by atoms with van der Waals surface area (Å²) in [5.74, 6) is 2.33. The Bertz CT molecular complexity index is 257. The van der Waals surface area contributed by atoms with E-state index < -0.39 is 0 Å². The van der Waals surface area contributed by atoms with Gasteiger partial charge in [0.15, 0.2) is 5.82 Å². The zero-order valence-corrected chi connectivity index (χ0v) is 8.66. The number of nitrogens with zero attached hydrogens (tertiary/aromatic N) is 2. The molecule has 4 heteroatoms. The Morgan fingerprint density at radius 3 is 2.62 bits per heavy atom. The molecule has 1 aromatic heterocycles. The number of rotatable bonds is 4. The van der Waals surface area contributed by atoms with Gasteiger partial charge in [0.2, 0.25) is 5.89 Å². The van der Waals surface area contributed by atoms with E-state index in [2.05, 4.69) is 36.2 Å². The molecule has 0 aromatic carbocycles. The van der Waals surface area contributed by atoms with Gasteiger partial charge >= 0.3 is 0 Å². The molecule has 0 radical (unpaired) electrons. The first kappa shape index (κ1) is 10.2. The highest BCUT2D eigenvalue weighted by Gasteiger charge is 2.16. The summed E-state index contributed by atoms with van der Waals surface area (Å²) in [6.07, 6.45) is 0. The van der Waals surface area contributed by atoms with Crippen LogP contribution in [-0.4, -0.2) is 17.2 Å². The van der Waals surface area contributed by atoms with Crippen LogP contribution in [0.25, 0.3) is 0 Å². The van der Waals surface area contributed by atoms with Crippen molar-refractivity contribution < 1.29 is 4.52 Å². The summed E-state index contributed by atoms with van der Waals surface area (Å²) in [4.78, 5) is 4.28. The van der Waals surface area contributed by atoms with Gasteiger partial charge in [0, 0.05) is 5.92 Å². The fraction of sp³-hybridized carbons (Fsp3) is 0.778. The van der Waals surface area contributed by atoms with Crippen LogP contribution in [0.4, 0.5) is 0 Å². The maximum absolute atomic E-state index is 5.14. The van der Waals surface area contributed by atoms with Gasteiger partial charge in [0.25, 0.3) is 0 Å². The SMILES string of the molecule is CNCc1noc(C(C)C(C)C)n1. The molecule has 0 aliphatic rings. The lowest BCUT2D eigenvalue weighted by Crippen LogP contribution is -2.07. The van der Waals surface area contributed by atoms with Gasteiger partial charge in [0.05, 0.1) is 6.54 Å². The molecule has 0 saturated carbocycles. The Kier molecular flexibility index (Phi) is 3.42. The van der Waals surface area contributed by atoms with Crippen LogP contribution in [0, 0.1) is 5.92 Å². The molecular formula is C9H17N3O. The Morgan fingerprint density at radius 1 is 1.38 bits per heavy atom. The lowest BCUT2D eigenvalue weighted by Gasteiger charge is -2.08. The van der Waals surface area contributed by atoms with Crippen molar-refractivity contribution in [1.29, 1.82) is 0 Å². The molecule has 1 heterocycles. The summed E-state index contributed by atoms with van der Waals surface area (Å²) in [7, 11) is 1.86. The van der Waals surface area contributed by atoms with Crippen LogP contribution in [0.2, 0.25) is 0 Å². The standard InChI is InChI=1S/C9H17N3O/c1-6(2)7(3)9-11-8(5-10-4)12-13-9/h6-7,10H,5H2,1-4H3. The fourth-order valence-corrected chi connectivity index (χ4v) is 0.967. The number of hydrogen-bond donors (Lipinski definition) is 1. The van der Waals surface area contributed by atoms with E-state index in [4.69, 9.17) is 4.52 Å². The molecule has 1 unspecified atom stereocenters. The van der Waals surface area contributed by atoms with Crippen LogP contribution in [0.3, 0.4) is 0 Å². The van der Waals surface area contributed by atoms with Gasteiger partial charge in [-0.05, 0) is 13.0 Å². The van der Waals surface area contributed by atoms with E-state index in [9.17, 15) is 0 Å². The highest BCUT2D eigenvalue weighted by atomic mass is 16.5. The normalized spacial score (nSPS) is 13.6. The van der Waals surface area contributed by atoms with Gasteiger partial charge in [0.1, 0.15) is 0 Å². The van der Waals surface area contributed by atoms with Crippen LogP contribution >= 0.6 is 0 Å². The van der Waals surface area contributed by atoms with Crippen molar-refractivity contribution in [2.24, 2.45) is 5.92 Å². The fourth-order valence-electron chi connectivity index (χ4n) is 0.967. The lowest BCUT2D eigenvalue weighted by atomic mass is 9.98. The summed E-state index contributed by atoms with van der Waals surface area (Å²) in [5, 5.41) is 6.84. The molecule has 0 saturated heterocycles. The Labute approximate surface area is 78.7 Å². The summed E-state index contributed by atoms with van der Waals surface area (Å²) in [6.45, 7) is 7.05. The second-order valence-corrected chi connectivity index (χ2v) is 3.61. The molecule has 0 bridgehead atoms. The van der Waals surface area contributed by atoms with E-state index in [-0.39, 0.29) is 0 Å². The highest BCUT2D eigenvalue weighted by molar-refractivity contribution is 4.93. The molecule has 1 atom stereocenters. The highest BCUT2D eigenvalue weighted by Crippen LogP contribution is 2.21. The summed E-state index contributed by atoms with van der Waals surface area (Å²) < 4.78 is 5.14. The third-order valence-electron chi connectivity index (χ3n) is 2.21. The molecule has 74 valence electrons. The van der Waals surface area contributed by atoms with E-state index in [0.717, 1.165) is 11.7 Å². The molecular weight excluding hydrogens is 166 g/mol. The van der Waals surface area contributed by atoms with Crippen molar-refractivity contribution in [1.82, 2.24) is 15.5 Å². The van der Waals surface area contributed by atoms with Crippen LogP contribution < -0.4 is 5.32 Å². The Balaban J connectivity index is 2.67. The molecule has 4 nitrogen and oxygen atoms in total. The van der Waals surface area contributed by atoms with Crippen LogP contribution in [0.15, 0.2) is 4.52 Å². The third kappa shape index (κ3) is 2.52. The van der Waals surface area contributed by atoms with Crippen molar-refractivity contribution in [3.05, 3.63) is 11.7 Å². The number of hydrogen-bond acceptors (Lipinski definition) is 4. The summed E-state index contributed by atoms with van der Waals surface area (Å²) >= 11 is 0. The molecule has 1 rings (SSSR count). The molecule has 0 fully saturated rings. The van der Waals surface area contributed by atoms with Gasteiger partial charge in [-0.25, -0.2) is 0 Å². The van der Waals surface area contributed by atoms with Crippen molar-refractivity contribution in [3.8, 4) is 0 Å². The first-order chi connectivity index (χ1) is 6.15. The second kappa shape index (κ2) is 4.37. The smallest absolute Gasteiger partial charge is 0.229 e. The molecule has 13 heavy (non-hydrogen) atoms. The average molecular weight is 183 g/mol. The molecule has 1 aromatic rings. The zero-order chi connectivity index (χ0) is 9.84. The third-order valence-corrected chi connectivity index (χ3v) is 2.21. The van der Waals surface area contributed by atoms with Crippen molar-refractivity contribution >= 4 is 0 Å². The molecule has 0 spiro atoms. The van der Waals surface area contributed by atoms with Crippen molar-refractivity contribution in [3.63, 3.8) is 0 Å². The first-order valence-electron chi connectivity index (χ1n) is 4.62. The topological polar surface area (TPSA) is 51.0 Å². The summed E-state index contributed by atoms with van der Waals surface area (Å²) in [5.41, 5.74) is 0. The average Bonchev–Trinajstić information content (AvgIpc) is 2.52. The molecule has 0 aliphatic carbocycles. The van der Waals surface area contributed by atoms with Gasteiger partial charge in [-0.3, -0.25) is 0 Å². The predicted octanol–water partition coefficient (Wildman–Crippen LogP) is 1.55. The maximum atomic E-state index is 5.14. The predicted molar refractivity (Wildman–Crippen MR) is 50.3 cm³/mol. The monoisotopic (exact) mass is 183 g/mol. The Hall–Kier alpha value is -0.900. The first-order valence-corrected chi connectivity index (χ1v) is 4.62. The summed E-state index contributed by atoms with van der Waals surface area (Å²) in [6, 6.07) is 0. The minimum atomic E-state index is 0.332. The van der Waals surface area contributed by atoms with Crippen molar-refractivity contribution in [2.45, 2.75) is 33.2 Å². The van der Waals surface area contributed by atoms with Crippen LogP contribution in [-0.2, 0) is 6.54 Å². The van der Waals surface area contributed by atoms with Crippen molar-refractivity contribution in [2.75, 3.05) is 7.05 Å². The zero-order valence-electron chi connectivity index (χ0n) is 8.66. The largest absolute Gasteiger partial charge is 0.339 e. The minimum Gasteiger partial charge on any atom is -0.339 e. The second-order valence-electron chi connectivity index (χ2n) is 3.61. The molecule has 1 N–H and O–H groups in total. The van der Waals surface area contributed by atoms with Gasteiger partial charge in [-0.15, -0.1) is 0 Å². The maximum Gasteiger partial charge on any atom is 0.229 e. The van der Waals surface area contributed by atoms with E-state index in [1.807, 2.05) is 7.05 Å². The Morgan fingerprint density at radius 2 is 2.08 bits per heavy atom. The quantitative estimate of drug-likeness (QED) is 0.769. The van der Waals surface area contributed by atoms with E-state index in [1.54, 1.807) is 0 Å². The molecule has 0 aliphatic heterocycles. The van der Waals surface area contributed by atoms with Crippen LogP contribution in [0.5, 0.6) is 0 Å².